The van der Waals surface area contributed by atoms with Crippen molar-refractivity contribution < 1.29 is 0 Å². The molecule has 0 fully saturated rings. The molecule has 0 spiro atoms. The average molecular weight is 237 g/mol. The van der Waals surface area contributed by atoms with Gasteiger partial charge in [0.2, 0.25) is 0 Å². The molecule has 1 heterocycles. The van der Waals surface area contributed by atoms with Gasteiger partial charge in [0, 0.05) is 5.69 Å². The Bertz CT molecular complexity index is 570. The third kappa shape index (κ3) is 2.86. The van der Waals surface area contributed by atoms with Gasteiger partial charge < -0.3 is 5.32 Å². The van der Waals surface area contributed by atoms with Gasteiger partial charge in [-0.25, -0.2) is 4.98 Å². The summed E-state index contributed by atoms with van der Waals surface area (Å²) in [6, 6.07) is 15.6. The van der Waals surface area contributed by atoms with Crippen LogP contribution in [0.5, 0.6) is 0 Å². The topological polar surface area (TPSA) is 48.7 Å². The zero-order chi connectivity index (χ0) is 12.8. The van der Waals surface area contributed by atoms with Gasteiger partial charge in [-0.3, -0.25) is 0 Å². The van der Waals surface area contributed by atoms with Crippen molar-refractivity contribution in [3.63, 3.8) is 0 Å². The maximum Gasteiger partial charge on any atom is 0.142 e. The number of benzene rings is 1. The van der Waals surface area contributed by atoms with Crippen LogP contribution in [0.3, 0.4) is 0 Å². The molecule has 3 nitrogen and oxygen atoms in total. The SMILES string of the molecule is CCCc1ccccc1Nc1cccc(C#N)n1. The number of anilines is 2. The average Bonchev–Trinajstić information content (AvgIpc) is 2.41. The van der Waals surface area contributed by atoms with Gasteiger partial charge in [-0.2, -0.15) is 5.26 Å². The summed E-state index contributed by atoms with van der Waals surface area (Å²) in [7, 11) is 0. The van der Waals surface area contributed by atoms with E-state index in [1.54, 1.807) is 6.07 Å². The molecular formula is C15H15N3. The Kier molecular flexibility index (Phi) is 3.93. The first kappa shape index (κ1) is 12.1. The minimum absolute atomic E-state index is 0.424. The molecule has 2 rings (SSSR count). The van der Waals surface area contributed by atoms with Gasteiger partial charge in [-0.15, -0.1) is 0 Å². The van der Waals surface area contributed by atoms with Crippen LogP contribution in [-0.4, -0.2) is 4.98 Å². The molecule has 1 N–H and O–H groups in total. The highest BCUT2D eigenvalue weighted by molar-refractivity contribution is 5.60. The summed E-state index contributed by atoms with van der Waals surface area (Å²) < 4.78 is 0. The summed E-state index contributed by atoms with van der Waals surface area (Å²) in [6.45, 7) is 2.16. The van der Waals surface area contributed by atoms with Crippen LogP contribution in [0.1, 0.15) is 24.6 Å². The molecule has 18 heavy (non-hydrogen) atoms. The molecule has 0 aliphatic carbocycles. The van der Waals surface area contributed by atoms with E-state index in [2.05, 4.69) is 23.3 Å². The van der Waals surface area contributed by atoms with Crippen LogP contribution in [0.2, 0.25) is 0 Å². The maximum atomic E-state index is 8.83. The van der Waals surface area contributed by atoms with Crippen molar-refractivity contribution in [2.45, 2.75) is 19.8 Å². The lowest BCUT2D eigenvalue weighted by molar-refractivity contribution is 0.923. The third-order valence-electron chi connectivity index (χ3n) is 2.66. The number of aromatic nitrogens is 1. The van der Waals surface area contributed by atoms with Gasteiger partial charge >= 0.3 is 0 Å². The second kappa shape index (κ2) is 5.83. The lowest BCUT2D eigenvalue weighted by Gasteiger charge is -2.10. The van der Waals surface area contributed by atoms with Gasteiger partial charge in [-0.05, 0) is 30.2 Å². The van der Waals surface area contributed by atoms with Crippen LogP contribution in [0.15, 0.2) is 42.5 Å². The summed E-state index contributed by atoms with van der Waals surface area (Å²) in [5, 5.41) is 12.1. The fraction of sp³-hybridized carbons (Fsp3) is 0.200. The van der Waals surface area contributed by atoms with Crippen molar-refractivity contribution in [1.29, 1.82) is 5.26 Å². The number of nitrogens with one attached hydrogen (secondary N) is 1. The van der Waals surface area contributed by atoms with Crippen molar-refractivity contribution >= 4 is 11.5 Å². The predicted molar refractivity (Wildman–Crippen MR) is 72.7 cm³/mol. The van der Waals surface area contributed by atoms with Crippen molar-refractivity contribution in [3.05, 3.63) is 53.7 Å². The number of nitriles is 1. The van der Waals surface area contributed by atoms with E-state index < -0.39 is 0 Å². The quantitative estimate of drug-likeness (QED) is 0.883. The van der Waals surface area contributed by atoms with Crippen molar-refractivity contribution in [3.8, 4) is 6.07 Å². The Balaban J connectivity index is 2.25. The van der Waals surface area contributed by atoms with Crippen LogP contribution < -0.4 is 5.32 Å². The van der Waals surface area contributed by atoms with Crippen LogP contribution in [0, 0.1) is 11.3 Å². The number of hydrogen-bond donors (Lipinski definition) is 1. The maximum absolute atomic E-state index is 8.83. The minimum atomic E-state index is 0.424. The number of para-hydroxylation sites is 1. The first-order chi connectivity index (χ1) is 8.83. The molecule has 90 valence electrons. The smallest absolute Gasteiger partial charge is 0.142 e. The largest absolute Gasteiger partial charge is 0.340 e. The molecule has 0 saturated carbocycles. The Morgan fingerprint density at radius 2 is 2.00 bits per heavy atom. The molecule has 0 unspecified atom stereocenters. The van der Waals surface area contributed by atoms with Crippen LogP contribution in [0.25, 0.3) is 0 Å². The van der Waals surface area contributed by atoms with E-state index in [4.69, 9.17) is 5.26 Å². The van der Waals surface area contributed by atoms with Crippen molar-refractivity contribution in [2.75, 3.05) is 5.32 Å². The molecule has 1 aromatic heterocycles. The molecule has 0 aliphatic heterocycles. The Hall–Kier alpha value is -2.34. The molecule has 2 aromatic rings. The zero-order valence-corrected chi connectivity index (χ0v) is 10.4. The molecule has 1 aromatic carbocycles. The minimum Gasteiger partial charge on any atom is -0.340 e. The highest BCUT2D eigenvalue weighted by Gasteiger charge is 2.02. The van der Waals surface area contributed by atoms with Gasteiger partial charge in [0.05, 0.1) is 0 Å². The second-order valence-electron chi connectivity index (χ2n) is 4.05. The van der Waals surface area contributed by atoms with E-state index in [0.29, 0.717) is 11.5 Å². The molecule has 0 atom stereocenters. The first-order valence-corrected chi connectivity index (χ1v) is 6.05. The van der Waals surface area contributed by atoms with Crippen molar-refractivity contribution in [1.82, 2.24) is 4.98 Å². The fourth-order valence-corrected chi connectivity index (χ4v) is 1.83. The van der Waals surface area contributed by atoms with Gasteiger partial charge in [0.1, 0.15) is 17.6 Å². The molecule has 3 heteroatoms. The monoisotopic (exact) mass is 237 g/mol. The molecule has 0 bridgehead atoms. The summed E-state index contributed by atoms with van der Waals surface area (Å²) in [5.74, 6) is 0.706. The standard InChI is InChI=1S/C15H15N3/c1-2-6-12-7-3-4-9-14(12)18-15-10-5-8-13(11-16)17-15/h3-5,7-10H,2,6H2,1H3,(H,17,18). The van der Waals surface area contributed by atoms with E-state index in [1.807, 2.05) is 36.4 Å². The van der Waals surface area contributed by atoms with Gasteiger partial charge in [-0.1, -0.05) is 37.6 Å². The van der Waals surface area contributed by atoms with E-state index in [9.17, 15) is 0 Å². The second-order valence-corrected chi connectivity index (χ2v) is 4.05. The zero-order valence-electron chi connectivity index (χ0n) is 10.4. The predicted octanol–water partition coefficient (Wildman–Crippen LogP) is 3.65. The summed E-state index contributed by atoms with van der Waals surface area (Å²) >= 11 is 0. The van der Waals surface area contributed by atoms with Crippen molar-refractivity contribution in [2.24, 2.45) is 0 Å². The molecular weight excluding hydrogens is 222 g/mol. The molecule has 0 aliphatic rings. The lowest BCUT2D eigenvalue weighted by Crippen LogP contribution is -1.98. The molecule has 0 amide bonds. The number of rotatable bonds is 4. The summed E-state index contributed by atoms with van der Waals surface area (Å²) in [5.41, 5.74) is 2.75. The Morgan fingerprint density at radius 3 is 2.78 bits per heavy atom. The summed E-state index contributed by atoms with van der Waals surface area (Å²) in [4.78, 5) is 4.22. The fourth-order valence-electron chi connectivity index (χ4n) is 1.83. The highest BCUT2D eigenvalue weighted by atomic mass is 15.0. The van der Waals surface area contributed by atoms with E-state index in [-0.39, 0.29) is 0 Å². The van der Waals surface area contributed by atoms with Crippen LogP contribution >= 0.6 is 0 Å². The number of aryl methyl sites for hydroxylation is 1. The van der Waals surface area contributed by atoms with E-state index in [0.717, 1.165) is 18.5 Å². The number of nitrogens with zero attached hydrogens (tertiary/aromatic N) is 2. The Morgan fingerprint density at radius 1 is 1.17 bits per heavy atom. The normalized spacial score (nSPS) is 9.78. The molecule has 0 radical (unpaired) electrons. The van der Waals surface area contributed by atoms with Crippen LogP contribution in [0.4, 0.5) is 11.5 Å². The van der Waals surface area contributed by atoms with E-state index in [1.165, 1.54) is 5.56 Å². The third-order valence-corrected chi connectivity index (χ3v) is 2.66. The number of hydrogen-bond acceptors (Lipinski definition) is 3. The number of pyridine rings is 1. The van der Waals surface area contributed by atoms with Gasteiger partial charge in [0.25, 0.3) is 0 Å². The molecule has 0 saturated heterocycles. The van der Waals surface area contributed by atoms with Gasteiger partial charge in [0.15, 0.2) is 0 Å². The highest BCUT2D eigenvalue weighted by Crippen LogP contribution is 2.20. The lowest BCUT2D eigenvalue weighted by atomic mass is 10.1. The van der Waals surface area contributed by atoms with Crippen LogP contribution in [-0.2, 0) is 6.42 Å². The van der Waals surface area contributed by atoms with E-state index >= 15 is 0 Å². The summed E-state index contributed by atoms with van der Waals surface area (Å²) in [6.07, 6.45) is 2.13. The Labute approximate surface area is 107 Å². The first-order valence-electron chi connectivity index (χ1n) is 6.05.